The van der Waals surface area contributed by atoms with Gasteiger partial charge in [-0.2, -0.15) is 0 Å². The highest BCUT2D eigenvalue weighted by Crippen LogP contribution is 2.26. The summed E-state index contributed by atoms with van der Waals surface area (Å²) >= 11 is 0. The summed E-state index contributed by atoms with van der Waals surface area (Å²) in [5.41, 5.74) is 0.433. The molecule has 4 heteroatoms. The first kappa shape index (κ1) is 14.5. The lowest BCUT2D eigenvalue weighted by molar-refractivity contribution is -0.153. The second kappa shape index (κ2) is 5.38. The fraction of sp³-hybridized carbons (Fsp3) is 0.500. The largest absolute Gasteiger partial charge is 0.493 e. The van der Waals surface area contributed by atoms with Crippen LogP contribution >= 0.6 is 0 Å². The number of hydrogen-bond acceptors (Lipinski definition) is 3. The molecular formula is C14H19FO3. The van der Waals surface area contributed by atoms with Gasteiger partial charge in [-0.05, 0) is 33.3 Å². The monoisotopic (exact) mass is 254 g/mol. The highest BCUT2D eigenvalue weighted by Gasteiger charge is 2.19. The molecule has 0 bridgehead atoms. The summed E-state index contributed by atoms with van der Waals surface area (Å²) in [7, 11) is 1.39. The molecule has 0 saturated heterocycles. The Kier molecular flexibility index (Phi) is 4.33. The van der Waals surface area contributed by atoms with Crippen molar-refractivity contribution in [3.05, 3.63) is 29.1 Å². The number of halogens is 1. The number of esters is 1. The maximum Gasteiger partial charge on any atom is 0.310 e. The lowest BCUT2D eigenvalue weighted by atomic mass is 10.1. The minimum atomic E-state index is -0.548. The van der Waals surface area contributed by atoms with E-state index in [2.05, 4.69) is 0 Å². The Morgan fingerprint density at radius 3 is 2.44 bits per heavy atom. The second-order valence-corrected chi connectivity index (χ2v) is 5.15. The van der Waals surface area contributed by atoms with Gasteiger partial charge in [0.2, 0.25) is 0 Å². The van der Waals surface area contributed by atoms with E-state index >= 15 is 0 Å². The van der Waals surface area contributed by atoms with Gasteiger partial charge in [0, 0.05) is 5.56 Å². The first-order chi connectivity index (χ1) is 8.24. The van der Waals surface area contributed by atoms with Gasteiger partial charge in [0.1, 0.15) is 5.60 Å². The smallest absolute Gasteiger partial charge is 0.310 e. The van der Waals surface area contributed by atoms with Crippen molar-refractivity contribution in [1.29, 1.82) is 0 Å². The van der Waals surface area contributed by atoms with Crippen molar-refractivity contribution in [2.75, 3.05) is 7.11 Å². The van der Waals surface area contributed by atoms with E-state index in [9.17, 15) is 9.18 Å². The van der Waals surface area contributed by atoms with Gasteiger partial charge in [-0.1, -0.05) is 12.1 Å². The fourth-order valence-corrected chi connectivity index (χ4v) is 1.59. The molecule has 0 saturated carbocycles. The number of rotatable bonds is 3. The zero-order valence-corrected chi connectivity index (χ0v) is 11.5. The van der Waals surface area contributed by atoms with Crippen LogP contribution in [-0.2, 0) is 16.0 Å². The molecular weight excluding hydrogens is 235 g/mol. The third-order valence-corrected chi connectivity index (χ3v) is 2.33. The number of ether oxygens (including phenoxy) is 2. The second-order valence-electron chi connectivity index (χ2n) is 5.15. The van der Waals surface area contributed by atoms with E-state index in [1.54, 1.807) is 39.8 Å². The van der Waals surface area contributed by atoms with Crippen molar-refractivity contribution < 1.29 is 18.7 Å². The van der Waals surface area contributed by atoms with Crippen LogP contribution in [-0.4, -0.2) is 18.7 Å². The van der Waals surface area contributed by atoms with Crippen LogP contribution in [0.4, 0.5) is 4.39 Å². The van der Waals surface area contributed by atoms with Crippen LogP contribution < -0.4 is 4.74 Å². The zero-order valence-electron chi connectivity index (χ0n) is 11.5. The maximum atomic E-state index is 13.8. The van der Waals surface area contributed by atoms with E-state index in [0.29, 0.717) is 11.1 Å². The van der Waals surface area contributed by atoms with Gasteiger partial charge in [0.15, 0.2) is 11.6 Å². The third kappa shape index (κ3) is 3.72. The molecule has 1 rings (SSSR count). The van der Waals surface area contributed by atoms with Gasteiger partial charge in [0.05, 0.1) is 13.5 Å². The Morgan fingerprint density at radius 2 is 1.94 bits per heavy atom. The summed E-state index contributed by atoms with van der Waals surface area (Å²) in [4.78, 5) is 11.7. The quantitative estimate of drug-likeness (QED) is 0.778. The number of benzene rings is 1. The van der Waals surface area contributed by atoms with Gasteiger partial charge in [-0.15, -0.1) is 0 Å². The average molecular weight is 254 g/mol. The predicted molar refractivity (Wildman–Crippen MR) is 67.2 cm³/mol. The van der Waals surface area contributed by atoms with Crippen molar-refractivity contribution in [3.63, 3.8) is 0 Å². The molecule has 0 aliphatic carbocycles. The molecule has 0 heterocycles. The fourth-order valence-electron chi connectivity index (χ4n) is 1.59. The van der Waals surface area contributed by atoms with Crippen LogP contribution in [0.2, 0.25) is 0 Å². The van der Waals surface area contributed by atoms with Crippen LogP contribution in [0, 0.1) is 12.7 Å². The topological polar surface area (TPSA) is 35.5 Å². The minimum Gasteiger partial charge on any atom is -0.493 e. The predicted octanol–water partition coefficient (Wildman–Crippen LogP) is 3.03. The Balaban J connectivity index is 2.92. The molecule has 0 amide bonds. The van der Waals surface area contributed by atoms with E-state index in [1.807, 2.05) is 0 Å². The molecule has 18 heavy (non-hydrogen) atoms. The van der Waals surface area contributed by atoms with Crippen LogP contribution in [0.25, 0.3) is 0 Å². The van der Waals surface area contributed by atoms with E-state index in [0.717, 1.165) is 0 Å². The molecule has 0 N–H and O–H groups in total. The summed E-state index contributed by atoms with van der Waals surface area (Å²) < 4.78 is 24.0. The van der Waals surface area contributed by atoms with Gasteiger partial charge in [0.25, 0.3) is 0 Å². The summed E-state index contributed by atoms with van der Waals surface area (Å²) in [6.07, 6.45) is -0.00234. The standard InChI is InChI=1S/C14H19FO3/c1-9-6-7-10(13(17-5)12(9)15)8-11(16)18-14(2,3)4/h6-7H,8H2,1-5H3. The maximum absolute atomic E-state index is 13.8. The minimum absolute atomic E-state index is 0.00234. The molecule has 0 aromatic heterocycles. The molecule has 0 radical (unpaired) electrons. The van der Waals surface area contributed by atoms with Gasteiger partial charge in [-0.25, -0.2) is 4.39 Å². The molecule has 100 valence electrons. The van der Waals surface area contributed by atoms with Crippen molar-refractivity contribution in [3.8, 4) is 5.75 Å². The van der Waals surface area contributed by atoms with Crippen LogP contribution in [0.15, 0.2) is 12.1 Å². The number of carbonyl (C=O) groups is 1. The Morgan fingerprint density at radius 1 is 1.33 bits per heavy atom. The highest BCUT2D eigenvalue weighted by atomic mass is 19.1. The number of methoxy groups -OCH3 is 1. The number of carbonyl (C=O) groups excluding carboxylic acids is 1. The SMILES string of the molecule is COc1c(CC(=O)OC(C)(C)C)ccc(C)c1F. The lowest BCUT2D eigenvalue weighted by Gasteiger charge is -2.20. The first-order valence-corrected chi connectivity index (χ1v) is 5.78. The van der Waals surface area contributed by atoms with Crippen LogP contribution in [0.1, 0.15) is 31.9 Å². The molecule has 1 aromatic rings. The summed E-state index contributed by atoms with van der Waals surface area (Å²) in [5.74, 6) is -0.719. The first-order valence-electron chi connectivity index (χ1n) is 5.78. The summed E-state index contributed by atoms with van der Waals surface area (Å²) in [6, 6.07) is 3.30. The van der Waals surface area contributed by atoms with Crippen molar-refractivity contribution in [1.82, 2.24) is 0 Å². The Hall–Kier alpha value is -1.58. The average Bonchev–Trinajstić information content (AvgIpc) is 2.21. The van der Waals surface area contributed by atoms with Crippen molar-refractivity contribution in [2.24, 2.45) is 0 Å². The Bertz CT molecular complexity index is 447. The number of aryl methyl sites for hydroxylation is 1. The third-order valence-electron chi connectivity index (χ3n) is 2.33. The van der Waals surface area contributed by atoms with E-state index in [4.69, 9.17) is 9.47 Å². The van der Waals surface area contributed by atoms with Crippen LogP contribution in [0.3, 0.4) is 0 Å². The molecule has 0 fully saturated rings. The molecule has 0 unspecified atom stereocenters. The summed E-state index contributed by atoms with van der Waals surface area (Å²) in [6.45, 7) is 7.02. The molecule has 0 spiro atoms. The van der Waals surface area contributed by atoms with Crippen molar-refractivity contribution in [2.45, 2.75) is 39.7 Å². The number of hydrogen-bond donors (Lipinski definition) is 0. The normalized spacial score (nSPS) is 11.2. The summed E-state index contributed by atoms with van der Waals surface area (Å²) in [5, 5.41) is 0. The van der Waals surface area contributed by atoms with Crippen molar-refractivity contribution >= 4 is 5.97 Å². The lowest BCUT2D eigenvalue weighted by Crippen LogP contribution is -2.25. The molecule has 0 aliphatic heterocycles. The zero-order chi connectivity index (χ0) is 13.9. The van der Waals surface area contributed by atoms with Gasteiger partial charge >= 0.3 is 5.97 Å². The van der Waals surface area contributed by atoms with E-state index < -0.39 is 17.4 Å². The van der Waals surface area contributed by atoms with E-state index in [-0.39, 0.29) is 12.2 Å². The highest BCUT2D eigenvalue weighted by molar-refractivity contribution is 5.74. The molecule has 0 atom stereocenters. The molecule has 1 aromatic carbocycles. The van der Waals surface area contributed by atoms with Gasteiger partial charge < -0.3 is 9.47 Å². The van der Waals surface area contributed by atoms with Crippen LogP contribution in [0.5, 0.6) is 5.75 Å². The molecule has 3 nitrogen and oxygen atoms in total. The van der Waals surface area contributed by atoms with E-state index in [1.165, 1.54) is 7.11 Å². The molecule has 0 aliphatic rings. The van der Waals surface area contributed by atoms with Gasteiger partial charge in [-0.3, -0.25) is 4.79 Å². The Labute approximate surface area is 107 Å².